The average molecular weight is 711 g/mol. The summed E-state index contributed by atoms with van der Waals surface area (Å²) in [6.45, 7) is 3.31. The summed E-state index contributed by atoms with van der Waals surface area (Å²) in [6, 6.07) is 4.68. The van der Waals surface area contributed by atoms with Crippen LogP contribution in [0.15, 0.2) is 47.4 Å². The zero-order chi connectivity index (χ0) is 35.7. The number of amides is 2. The van der Waals surface area contributed by atoms with Gasteiger partial charge in [-0.3, -0.25) is 4.79 Å². The first-order valence-electron chi connectivity index (χ1n) is 15.3. The van der Waals surface area contributed by atoms with E-state index in [9.17, 15) is 48.7 Å². The number of methoxy groups -OCH3 is 1. The standard InChI is InChI=1S/C32H34F8N2O5S/c1-4-28(2)17-41(14-13-25(28)26(43)47-3)27(44)42-16-21-6-5-19-15-20(30(34,31(35,36)37)32(38,39)40)7-12-24(19)29(21,18-42)48(45,46)23-10-8-22(33)9-11-23/h7-12,15,21,25H,4-6,13-14,16-18H2,1-3H3/t21?,25?,28-,29?/m1/s1. The molecule has 2 heterocycles. The van der Waals surface area contributed by atoms with Crippen LogP contribution in [0.25, 0.3) is 0 Å². The van der Waals surface area contributed by atoms with E-state index in [2.05, 4.69) is 0 Å². The van der Waals surface area contributed by atoms with Gasteiger partial charge in [0.2, 0.25) is 0 Å². The SMILES string of the molecule is CC[C@]1(C)CN(C(=O)N2CC3CCc4cc(C(F)(C(F)(F)F)C(F)(F)F)ccc4C3(S(=O)(=O)c3ccc(F)cc3)C2)CCC1C(=O)OC. The molecule has 0 spiro atoms. The Morgan fingerprint density at radius 1 is 0.938 bits per heavy atom. The number of hydrogen-bond donors (Lipinski definition) is 0. The van der Waals surface area contributed by atoms with Crippen molar-refractivity contribution < 1.29 is 57.9 Å². The number of aryl methyl sites for hydroxylation is 1. The Hall–Kier alpha value is -3.43. The van der Waals surface area contributed by atoms with Gasteiger partial charge in [0.1, 0.15) is 10.6 Å². The van der Waals surface area contributed by atoms with Crippen LogP contribution >= 0.6 is 0 Å². The number of urea groups is 1. The number of likely N-dealkylation sites (tertiary alicyclic amines) is 2. The normalized spacial score (nSPS) is 26.6. The van der Waals surface area contributed by atoms with Crippen LogP contribution in [0.1, 0.15) is 49.8 Å². The second kappa shape index (κ2) is 11.9. The van der Waals surface area contributed by atoms with Crippen molar-refractivity contribution >= 4 is 21.8 Å². The molecule has 264 valence electrons. The van der Waals surface area contributed by atoms with E-state index in [0.717, 1.165) is 30.3 Å². The van der Waals surface area contributed by atoms with Gasteiger partial charge in [-0.15, -0.1) is 0 Å². The van der Waals surface area contributed by atoms with Crippen LogP contribution in [0.4, 0.5) is 39.9 Å². The molecule has 1 aliphatic carbocycles. The molecular weight excluding hydrogens is 676 g/mol. The highest BCUT2D eigenvalue weighted by Gasteiger charge is 2.74. The number of sulfone groups is 1. The van der Waals surface area contributed by atoms with Crippen molar-refractivity contribution in [1.82, 2.24) is 9.80 Å². The van der Waals surface area contributed by atoms with Crippen LogP contribution in [-0.4, -0.2) is 75.9 Å². The average Bonchev–Trinajstić information content (AvgIpc) is 3.44. The molecule has 2 fully saturated rings. The summed E-state index contributed by atoms with van der Waals surface area (Å²) in [5.41, 5.74) is -8.54. The minimum absolute atomic E-state index is 0.0743. The Morgan fingerprint density at radius 3 is 2.12 bits per heavy atom. The van der Waals surface area contributed by atoms with Crippen LogP contribution < -0.4 is 0 Å². The van der Waals surface area contributed by atoms with Crippen molar-refractivity contribution in [3.8, 4) is 0 Å². The van der Waals surface area contributed by atoms with E-state index in [-0.39, 0.29) is 54.9 Å². The Kier molecular flexibility index (Phi) is 8.87. The Bertz CT molecular complexity index is 1680. The van der Waals surface area contributed by atoms with E-state index in [1.807, 2.05) is 13.8 Å². The minimum Gasteiger partial charge on any atom is -0.469 e. The number of halogens is 8. The number of nitrogens with zero attached hydrogens (tertiary/aromatic N) is 2. The lowest BCUT2D eigenvalue weighted by Gasteiger charge is -2.45. The Labute approximate surface area is 272 Å². The van der Waals surface area contributed by atoms with E-state index in [1.54, 1.807) is 0 Å². The molecule has 2 aliphatic heterocycles. The highest BCUT2D eigenvalue weighted by Crippen LogP contribution is 2.57. The molecule has 2 saturated heterocycles. The molecule has 3 aliphatic rings. The van der Waals surface area contributed by atoms with Gasteiger partial charge in [0.15, 0.2) is 9.84 Å². The van der Waals surface area contributed by atoms with Crippen molar-refractivity contribution in [2.75, 3.05) is 33.3 Å². The van der Waals surface area contributed by atoms with Crippen LogP contribution in [0.3, 0.4) is 0 Å². The maximum atomic E-state index is 15.1. The third kappa shape index (κ3) is 5.32. The predicted molar refractivity (Wildman–Crippen MR) is 155 cm³/mol. The number of ether oxygens (including phenoxy) is 1. The van der Waals surface area contributed by atoms with Crippen LogP contribution in [0.5, 0.6) is 0 Å². The molecule has 2 aromatic carbocycles. The second-order valence-corrected chi connectivity index (χ2v) is 15.3. The second-order valence-electron chi connectivity index (χ2n) is 13.1. The van der Waals surface area contributed by atoms with E-state index < -0.39 is 79.8 Å². The lowest BCUT2D eigenvalue weighted by molar-refractivity contribution is -0.348. The molecule has 2 aromatic rings. The maximum absolute atomic E-state index is 15.1. The first-order chi connectivity index (χ1) is 22.2. The molecule has 0 radical (unpaired) electrons. The summed E-state index contributed by atoms with van der Waals surface area (Å²) in [4.78, 5) is 29.0. The summed E-state index contributed by atoms with van der Waals surface area (Å²) in [7, 11) is -3.35. The van der Waals surface area contributed by atoms with E-state index in [4.69, 9.17) is 4.74 Å². The number of carbonyl (C=O) groups excluding carboxylic acids is 2. The molecule has 0 bridgehead atoms. The monoisotopic (exact) mass is 710 g/mol. The minimum atomic E-state index is -6.38. The topological polar surface area (TPSA) is 84.0 Å². The zero-order valence-corrected chi connectivity index (χ0v) is 27.0. The van der Waals surface area contributed by atoms with Crippen LogP contribution in [-0.2, 0) is 36.2 Å². The number of benzene rings is 2. The summed E-state index contributed by atoms with van der Waals surface area (Å²) in [5.74, 6) is -2.56. The fourth-order valence-electron chi connectivity index (χ4n) is 7.71. The van der Waals surface area contributed by atoms with Gasteiger partial charge in [-0.1, -0.05) is 32.0 Å². The number of esters is 1. The van der Waals surface area contributed by atoms with Gasteiger partial charge < -0.3 is 14.5 Å². The van der Waals surface area contributed by atoms with Gasteiger partial charge in [0, 0.05) is 37.7 Å². The summed E-state index contributed by atoms with van der Waals surface area (Å²) in [6.07, 6.45) is -12.2. The molecule has 48 heavy (non-hydrogen) atoms. The zero-order valence-electron chi connectivity index (χ0n) is 26.2. The fraction of sp³-hybridized carbons (Fsp3) is 0.562. The van der Waals surface area contributed by atoms with Gasteiger partial charge in [-0.2, -0.15) is 26.3 Å². The van der Waals surface area contributed by atoms with E-state index >= 15 is 4.39 Å². The number of alkyl halides is 7. The highest BCUT2D eigenvalue weighted by molar-refractivity contribution is 7.92. The highest BCUT2D eigenvalue weighted by atomic mass is 32.2. The Balaban J connectivity index is 1.61. The molecule has 0 aromatic heterocycles. The van der Waals surface area contributed by atoms with E-state index in [1.165, 1.54) is 16.9 Å². The third-order valence-electron chi connectivity index (χ3n) is 10.5. The van der Waals surface area contributed by atoms with Crippen molar-refractivity contribution in [3.05, 3.63) is 65.0 Å². The van der Waals surface area contributed by atoms with Crippen molar-refractivity contribution in [2.24, 2.45) is 17.3 Å². The molecule has 0 saturated carbocycles. The number of rotatable bonds is 5. The van der Waals surface area contributed by atoms with Crippen molar-refractivity contribution in [3.63, 3.8) is 0 Å². The lowest BCUT2D eigenvalue weighted by atomic mass is 9.70. The molecule has 2 amide bonds. The number of carbonyl (C=O) groups is 2. The molecule has 16 heteroatoms. The maximum Gasteiger partial charge on any atom is 0.435 e. The first-order valence-corrected chi connectivity index (χ1v) is 16.7. The largest absolute Gasteiger partial charge is 0.469 e. The molecule has 7 nitrogen and oxygen atoms in total. The van der Waals surface area contributed by atoms with Crippen molar-refractivity contribution in [2.45, 2.75) is 67.2 Å². The number of piperidine rings is 1. The number of fused-ring (bicyclic) bond motifs is 3. The first kappa shape index (κ1) is 35.9. The van der Waals surface area contributed by atoms with Gasteiger partial charge in [0.25, 0.3) is 0 Å². The van der Waals surface area contributed by atoms with Gasteiger partial charge >= 0.3 is 30.0 Å². The fourth-order valence-corrected chi connectivity index (χ4v) is 10.1. The molecule has 4 atom stereocenters. The van der Waals surface area contributed by atoms with Crippen LogP contribution in [0.2, 0.25) is 0 Å². The summed E-state index contributed by atoms with van der Waals surface area (Å²) in [5, 5.41) is 0. The Morgan fingerprint density at radius 2 is 1.56 bits per heavy atom. The number of hydrogen-bond acceptors (Lipinski definition) is 5. The predicted octanol–water partition coefficient (Wildman–Crippen LogP) is 6.69. The van der Waals surface area contributed by atoms with Crippen molar-refractivity contribution in [1.29, 1.82) is 0 Å². The summed E-state index contributed by atoms with van der Waals surface area (Å²) >= 11 is 0. The van der Waals surface area contributed by atoms with Crippen LogP contribution in [0, 0.1) is 23.1 Å². The smallest absolute Gasteiger partial charge is 0.435 e. The van der Waals surface area contributed by atoms with Gasteiger partial charge in [-0.05, 0) is 66.5 Å². The quantitative estimate of drug-likeness (QED) is 0.196. The van der Waals surface area contributed by atoms with E-state index in [0.29, 0.717) is 18.6 Å². The molecule has 5 rings (SSSR count). The summed E-state index contributed by atoms with van der Waals surface area (Å²) < 4.78 is 143. The third-order valence-corrected chi connectivity index (χ3v) is 13.1. The van der Waals surface area contributed by atoms with Gasteiger partial charge in [-0.25, -0.2) is 22.0 Å². The molecule has 3 unspecified atom stereocenters. The molecule has 0 N–H and O–H groups in total. The lowest BCUT2D eigenvalue weighted by Crippen LogP contribution is -2.55. The molecular formula is C32H34F8N2O5S. The van der Waals surface area contributed by atoms with Gasteiger partial charge in [0.05, 0.1) is 17.9 Å².